The van der Waals surface area contributed by atoms with Crippen LogP contribution in [-0.2, 0) is 39.7 Å². The predicted octanol–water partition coefficient (Wildman–Crippen LogP) is 3.05. The molecule has 1 aliphatic heterocycles. The second kappa shape index (κ2) is 12.9. The van der Waals surface area contributed by atoms with Crippen LogP contribution in [-0.4, -0.2) is 68.5 Å². The number of carbonyl (C=O) groups excluding carboxylic acids is 1. The summed E-state index contributed by atoms with van der Waals surface area (Å²) in [6, 6.07) is 10.3. The summed E-state index contributed by atoms with van der Waals surface area (Å²) in [7, 11) is 5.14. The first-order chi connectivity index (χ1) is 18.4. The molecule has 1 saturated heterocycles. The standard InChI is InChI=1S/C30H43N3O5/c1-30(24-9-12-32(2)28(34)19-24)10-11-31-20-27(30)29(35)33(25-7-8-25)21-23-16-22(6-5-13-36-3)17-26(18-23)38-15-14-37-4/h9,12,16-19,25,27,31H,5-8,10-11,13-15,20-21H2,1-4H3/t27-,30-/m1/s1. The number of carbonyl (C=O) groups is 1. The Kier molecular flexibility index (Phi) is 9.63. The SMILES string of the molecule is COCCCc1cc(CN(C(=O)[C@H]2CNCC[C@]2(C)c2ccn(C)c(=O)c2)C2CC2)cc(OCCOC)c1. The third-order valence-corrected chi connectivity index (χ3v) is 8.02. The highest BCUT2D eigenvalue weighted by atomic mass is 16.5. The minimum absolute atomic E-state index is 0.0428. The van der Waals surface area contributed by atoms with Crippen molar-refractivity contribution in [2.45, 2.75) is 57.0 Å². The molecule has 2 heterocycles. The summed E-state index contributed by atoms with van der Waals surface area (Å²) < 4.78 is 18.0. The van der Waals surface area contributed by atoms with Crippen LogP contribution in [0.1, 0.15) is 49.3 Å². The van der Waals surface area contributed by atoms with E-state index in [0.717, 1.165) is 55.5 Å². The van der Waals surface area contributed by atoms with E-state index in [1.165, 1.54) is 5.56 Å². The molecule has 2 fully saturated rings. The Labute approximate surface area is 226 Å². The minimum atomic E-state index is -0.403. The fraction of sp³-hybridized carbons (Fsp3) is 0.600. The lowest BCUT2D eigenvalue weighted by molar-refractivity contribution is -0.139. The Morgan fingerprint density at radius 2 is 1.87 bits per heavy atom. The number of nitrogens with zero attached hydrogens (tertiary/aromatic N) is 2. The van der Waals surface area contributed by atoms with Gasteiger partial charge in [-0.1, -0.05) is 13.0 Å². The van der Waals surface area contributed by atoms with Gasteiger partial charge in [0.05, 0.1) is 12.5 Å². The maximum atomic E-state index is 14.3. The van der Waals surface area contributed by atoms with Crippen LogP contribution in [0.4, 0.5) is 0 Å². The second-order valence-electron chi connectivity index (χ2n) is 10.9. The molecule has 1 saturated carbocycles. The lowest BCUT2D eigenvalue weighted by atomic mass is 9.67. The lowest BCUT2D eigenvalue weighted by Gasteiger charge is -2.43. The van der Waals surface area contributed by atoms with E-state index in [4.69, 9.17) is 14.2 Å². The summed E-state index contributed by atoms with van der Waals surface area (Å²) >= 11 is 0. The first-order valence-corrected chi connectivity index (χ1v) is 13.8. The summed E-state index contributed by atoms with van der Waals surface area (Å²) in [4.78, 5) is 28.8. The Bertz CT molecular complexity index is 1120. The highest BCUT2D eigenvalue weighted by Gasteiger charge is 2.46. The number of aromatic nitrogens is 1. The third kappa shape index (κ3) is 6.84. The molecule has 0 spiro atoms. The summed E-state index contributed by atoms with van der Waals surface area (Å²) in [5, 5.41) is 3.45. The van der Waals surface area contributed by atoms with Crippen molar-refractivity contribution in [2.75, 3.05) is 47.1 Å². The molecule has 1 aromatic heterocycles. The number of nitrogens with one attached hydrogen (secondary N) is 1. The average Bonchev–Trinajstić information content (AvgIpc) is 3.74. The van der Waals surface area contributed by atoms with E-state index in [1.54, 1.807) is 31.9 Å². The van der Waals surface area contributed by atoms with Gasteiger partial charge in [-0.05, 0) is 73.5 Å². The number of pyridine rings is 1. The summed E-state index contributed by atoms with van der Waals surface area (Å²) in [6.45, 7) is 5.82. The van der Waals surface area contributed by atoms with Crippen molar-refractivity contribution in [3.63, 3.8) is 0 Å². The lowest BCUT2D eigenvalue weighted by Crippen LogP contribution is -2.54. The zero-order valence-corrected chi connectivity index (χ0v) is 23.3. The van der Waals surface area contributed by atoms with Gasteiger partial charge >= 0.3 is 0 Å². The number of amides is 1. The van der Waals surface area contributed by atoms with Crippen molar-refractivity contribution in [3.05, 3.63) is 63.6 Å². The number of rotatable bonds is 13. The van der Waals surface area contributed by atoms with Crippen molar-refractivity contribution in [1.29, 1.82) is 0 Å². The zero-order chi connectivity index (χ0) is 27.1. The molecule has 8 nitrogen and oxygen atoms in total. The molecule has 0 unspecified atom stereocenters. The zero-order valence-electron chi connectivity index (χ0n) is 23.3. The Hall–Kier alpha value is -2.68. The first kappa shape index (κ1) is 28.3. The molecule has 0 radical (unpaired) electrons. The van der Waals surface area contributed by atoms with E-state index in [1.807, 2.05) is 12.3 Å². The molecule has 38 heavy (non-hydrogen) atoms. The second-order valence-corrected chi connectivity index (χ2v) is 10.9. The van der Waals surface area contributed by atoms with Crippen LogP contribution >= 0.6 is 0 Å². The monoisotopic (exact) mass is 525 g/mol. The van der Waals surface area contributed by atoms with Gasteiger partial charge in [0, 0.05) is 64.7 Å². The molecule has 1 aliphatic carbocycles. The van der Waals surface area contributed by atoms with Crippen molar-refractivity contribution in [2.24, 2.45) is 13.0 Å². The molecule has 4 rings (SSSR count). The molecular weight excluding hydrogens is 482 g/mol. The molecule has 2 aromatic rings. The number of aryl methyl sites for hydroxylation is 2. The van der Waals surface area contributed by atoms with Gasteiger partial charge in [0.25, 0.3) is 5.56 Å². The van der Waals surface area contributed by atoms with Crippen LogP contribution in [0, 0.1) is 5.92 Å². The minimum Gasteiger partial charge on any atom is -0.491 e. The van der Waals surface area contributed by atoms with Gasteiger partial charge in [0.1, 0.15) is 12.4 Å². The summed E-state index contributed by atoms with van der Waals surface area (Å²) in [5.41, 5.74) is 2.76. The molecule has 8 heteroatoms. The Morgan fingerprint density at radius 1 is 1.11 bits per heavy atom. The quantitative estimate of drug-likeness (QED) is 0.405. The summed E-state index contributed by atoms with van der Waals surface area (Å²) in [5.74, 6) is 0.722. The Morgan fingerprint density at radius 3 is 2.58 bits per heavy atom. The van der Waals surface area contributed by atoms with Crippen LogP contribution in [0.2, 0.25) is 0 Å². The molecule has 1 amide bonds. The van der Waals surface area contributed by atoms with E-state index < -0.39 is 5.41 Å². The molecule has 2 atom stereocenters. The smallest absolute Gasteiger partial charge is 0.250 e. The molecule has 1 aromatic carbocycles. The molecule has 208 valence electrons. The normalized spacial score (nSPS) is 21.3. The number of ether oxygens (including phenoxy) is 3. The van der Waals surface area contributed by atoms with Crippen molar-refractivity contribution in [3.8, 4) is 5.75 Å². The van der Waals surface area contributed by atoms with Crippen molar-refractivity contribution >= 4 is 5.91 Å². The van der Waals surface area contributed by atoms with E-state index in [9.17, 15) is 9.59 Å². The van der Waals surface area contributed by atoms with Crippen LogP contribution in [0.3, 0.4) is 0 Å². The van der Waals surface area contributed by atoms with Gasteiger partial charge in [-0.25, -0.2) is 0 Å². The molecule has 1 N–H and O–H groups in total. The van der Waals surface area contributed by atoms with E-state index in [0.29, 0.717) is 32.9 Å². The number of methoxy groups -OCH3 is 2. The van der Waals surface area contributed by atoms with Gasteiger partial charge in [-0.15, -0.1) is 0 Å². The first-order valence-electron chi connectivity index (χ1n) is 13.8. The number of piperidine rings is 1. The fourth-order valence-corrected chi connectivity index (χ4v) is 5.48. The van der Waals surface area contributed by atoms with Crippen LogP contribution < -0.4 is 15.6 Å². The number of hydrogen-bond donors (Lipinski definition) is 1. The highest BCUT2D eigenvalue weighted by molar-refractivity contribution is 5.82. The van der Waals surface area contributed by atoms with Gasteiger partial charge in [-0.3, -0.25) is 9.59 Å². The fourth-order valence-electron chi connectivity index (χ4n) is 5.48. The number of benzene rings is 1. The van der Waals surface area contributed by atoms with Gasteiger partial charge in [0.15, 0.2) is 0 Å². The maximum Gasteiger partial charge on any atom is 0.250 e. The van der Waals surface area contributed by atoms with Gasteiger partial charge < -0.3 is 29.0 Å². The van der Waals surface area contributed by atoms with Crippen LogP contribution in [0.5, 0.6) is 5.75 Å². The van der Waals surface area contributed by atoms with Crippen molar-refractivity contribution < 1.29 is 19.0 Å². The van der Waals surface area contributed by atoms with Crippen LogP contribution in [0.15, 0.2) is 41.3 Å². The third-order valence-electron chi connectivity index (χ3n) is 8.02. The topological polar surface area (TPSA) is 82.0 Å². The highest BCUT2D eigenvalue weighted by Crippen LogP contribution is 2.40. The largest absolute Gasteiger partial charge is 0.491 e. The van der Waals surface area contributed by atoms with E-state index >= 15 is 0 Å². The maximum absolute atomic E-state index is 14.3. The van der Waals surface area contributed by atoms with Gasteiger partial charge in [0.2, 0.25) is 5.91 Å². The van der Waals surface area contributed by atoms with E-state index in [2.05, 4.69) is 35.3 Å². The predicted molar refractivity (Wildman–Crippen MR) is 148 cm³/mol. The molecule has 2 aliphatic rings. The number of hydrogen-bond acceptors (Lipinski definition) is 6. The van der Waals surface area contributed by atoms with Gasteiger partial charge in [-0.2, -0.15) is 0 Å². The average molecular weight is 526 g/mol. The van der Waals surface area contributed by atoms with Crippen LogP contribution in [0.25, 0.3) is 0 Å². The summed E-state index contributed by atoms with van der Waals surface area (Å²) in [6.07, 6.45) is 6.48. The molecular formula is C30H43N3O5. The van der Waals surface area contributed by atoms with E-state index in [-0.39, 0.29) is 23.4 Å². The Balaban J connectivity index is 1.59. The molecule has 0 bridgehead atoms. The van der Waals surface area contributed by atoms with Crippen molar-refractivity contribution in [1.82, 2.24) is 14.8 Å².